The molecule has 6 nitrogen and oxygen atoms in total. The summed E-state index contributed by atoms with van der Waals surface area (Å²) >= 11 is 0. The first-order valence-electron chi connectivity index (χ1n) is 9.50. The van der Waals surface area contributed by atoms with Crippen LogP contribution in [0.1, 0.15) is 52.1 Å². The van der Waals surface area contributed by atoms with Crippen LogP contribution in [-0.4, -0.2) is 51.0 Å². The standard InChI is InChI=1S/C18H31N5O/c1-4-5-6-15-10-23(21-20-15)11-16-9-14-7-8-22(16)12-17(14)18(24)19-13(2)3/h10,13-14,16-17H,4-9,11-12H2,1-3H3,(H,19,24)/t14-,16+,17-/m0/s1. The van der Waals surface area contributed by atoms with Crippen LogP contribution in [-0.2, 0) is 17.8 Å². The molecule has 4 rings (SSSR count). The van der Waals surface area contributed by atoms with Crippen molar-refractivity contribution in [3.63, 3.8) is 0 Å². The van der Waals surface area contributed by atoms with E-state index in [0.717, 1.165) is 44.6 Å². The van der Waals surface area contributed by atoms with E-state index in [9.17, 15) is 4.79 Å². The second-order valence-electron chi connectivity index (χ2n) is 7.74. The summed E-state index contributed by atoms with van der Waals surface area (Å²) in [5.41, 5.74) is 1.10. The van der Waals surface area contributed by atoms with Gasteiger partial charge in [-0.3, -0.25) is 14.4 Å². The second-order valence-corrected chi connectivity index (χ2v) is 7.74. The Balaban J connectivity index is 1.56. The number of rotatable bonds is 7. The third-order valence-electron chi connectivity index (χ3n) is 5.42. The Morgan fingerprint density at radius 3 is 2.96 bits per heavy atom. The van der Waals surface area contributed by atoms with E-state index in [1.54, 1.807) is 0 Å². The molecule has 0 radical (unpaired) electrons. The molecule has 4 heterocycles. The fourth-order valence-electron chi connectivity index (χ4n) is 4.13. The van der Waals surface area contributed by atoms with Crippen molar-refractivity contribution < 1.29 is 4.79 Å². The van der Waals surface area contributed by atoms with Crippen molar-refractivity contribution in [3.05, 3.63) is 11.9 Å². The molecule has 3 fully saturated rings. The molecule has 0 aliphatic carbocycles. The number of hydrogen-bond acceptors (Lipinski definition) is 4. The van der Waals surface area contributed by atoms with Crippen LogP contribution >= 0.6 is 0 Å². The minimum absolute atomic E-state index is 0.160. The van der Waals surface area contributed by atoms with Crippen molar-refractivity contribution in [2.24, 2.45) is 11.8 Å². The summed E-state index contributed by atoms with van der Waals surface area (Å²) in [5, 5.41) is 11.7. The quantitative estimate of drug-likeness (QED) is 0.827. The summed E-state index contributed by atoms with van der Waals surface area (Å²) in [4.78, 5) is 14.9. The summed E-state index contributed by atoms with van der Waals surface area (Å²) in [6, 6.07) is 0.716. The molecule has 24 heavy (non-hydrogen) atoms. The summed E-state index contributed by atoms with van der Waals surface area (Å²) < 4.78 is 2.00. The molecule has 3 saturated heterocycles. The predicted octanol–water partition coefficient (Wildman–Crippen LogP) is 1.86. The van der Waals surface area contributed by atoms with Gasteiger partial charge in [0.25, 0.3) is 0 Å². The molecule has 3 aliphatic heterocycles. The maximum absolute atomic E-state index is 12.4. The number of amides is 1. The Kier molecular flexibility index (Phi) is 5.54. The third kappa shape index (κ3) is 3.97. The fraction of sp³-hybridized carbons (Fsp3) is 0.833. The first-order valence-corrected chi connectivity index (χ1v) is 9.50. The summed E-state index contributed by atoms with van der Waals surface area (Å²) in [5.74, 6) is 0.913. The number of unbranched alkanes of at least 4 members (excludes halogenated alkanes) is 1. The highest BCUT2D eigenvalue weighted by Gasteiger charge is 2.43. The smallest absolute Gasteiger partial charge is 0.224 e. The molecule has 0 saturated carbocycles. The number of aromatic nitrogens is 3. The van der Waals surface area contributed by atoms with E-state index in [0.29, 0.717) is 12.0 Å². The number of carbonyl (C=O) groups excluding carboxylic acids is 1. The lowest BCUT2D eigenvalue weighted by Gasteiger charge is -2.49. The van der Waals surface area contributed by atoms with Gasteiger partial charge in [0.15, 0.2) is 0 Å². The summed E-state index contributed by atoms with van der Waals surface area (Å²) in [6.45, 7) is 9.16. The monoisotopic (exact) mass is 333 g/mol. The van der Waals surface area contributed by atoms with Crippen molar-refractivity contribution in [1.29, 1.82) is 0 Å². The molecule has 134 valence electrons. The lowest BCUT2D eigenvalue weighted by atomic mass is 9.75. The molecule has 6 heteroatoms. The van der Waals surface area contributed by atoms with E-state index in [2.05, 4.69) is 33.6 Å². The largest absolute Gasteiger partial charge is 0.354 e. The maximum Gasteiger partial charge on any atom is 0.224 e. The maximum atomic E-state index is 12.4. The highest BCUT2D eigenvalue weighted by atomic mass is 16.2. The van der Waals surface area contributed by atoms with E-state index in [-0.39, 0.29) is 17.9 Å². The molecule has 3 aliphatic rings. The third-order valence-corrected chi connectivity index (χ3v) is 5.42. The van der Waals surface area contributed by atoms with Gasteiger partial charge >= 0.3 is 0 Å². The Labute approximate surface area is 145 Å². The Hall–Kier alpha value is -1.43. The zero-order valence-corrected chi connectivity index (χ0v) is 15.2. The molecule has 1 N–H and O–H groups in total. The molecule has 1 unspecified atom stereocenters. The zero-order valence-electron chi connectivity index (χ0n) is 15.2. The average Bonchev–Trinajstić information content (AvgIpc) is 3.00. The van der Waals surface area contributed by atoms with Gasteiger partial charge in [-0.1, -0.05) is 18.6 Å². The number of hydrogen-bond donors (Lipinski definition) is 1. The van der Waals surface area contributed by atoms with Gasteiger partial charge < -0.3 is 5.32 Å². The SMILES string of the molecule is CCCCc1cn(C[C@H]2C[C@@H]3CCN2C[C@@H]3C(=O)NC(C)C)nn1. The van der Waals surface area contributed by atoms with Gasteiger partial charge in [-0.05, 0) is 52.0 Å². The lowest BCUT2D eigenvalue weighted by Crippen LogP contribution is -2.58. The topological polar surface area (TPSA) is 63.1 Å². The second kappa shape index (κ2) is 7.64. The van der Waals surface area contributed by atoms with Gasteiger partial charge in [0, 0.05) is 24.8 Å². The molecule has 0 aromatic carbocycles. The van der Waals surface area contributed by atoms with Crippen LogP contribution < -0.4 is 5.32 Å². The van der Waals surface area contributed by atoms with Crippen LogP contribution in [0.25, 0.3) is 0 Å². The molecule has 1 aromatic heterocycles. The van der Waals surface area contributed by atoms with Crippen molar-refractivity contribution in [3.8, 4) is 0 Å². The predicted molar refractivity (Wildman–Crippen MR) is 93.5 cm³/mol. The Morgan fingerprint density at radius 1 is 1.46 bits per heavy atom. The highest BCUT2D eigenvalue weighted by Crippen LogP contribution is 2.36. The van der Waals surface area contributed by atoms with Gasteiger partial charge in [0.2, 0.25) is 5.91 Å². The number of nitrogens with one attached hydrogen (secondary N) is 1. The molecular weight excluding hydrogens is 302 g/mol. The summed E-state index contributed by atoms with van der Waals surface area (Å²) in [7, 11) is 0. The van der Waals surface area contributed by atoms with Gasteiger partial charge in [-0.15, -0.1) is 5.10 Å². The van der Waals surface area contributed by atoms with Crippen LogP contribution in [0.4, 0.5) is 0 Å². The number of fused-ring (bicyclic) bond motifs is 3. The van der Waals surface area contributed by atoms with Crippen molar-refractivity contribution in [1.82, 2.24) is 25.2 Å². The average molecular weight is 333 g/mol. The number of carbonyl (C=O) groups is 1. The minimum Gasteiger partial charge on any atom is -0.354 e. The van der Waals surface area contributed by atoms with Crippen molar-refractivity contribution >= 4 is 5.91 Å². The van der Waals surface area contributed by atoms with Crippen LogP contribution in [0.15, 0.2) is 6.20 Å². The molecule has 1 amide bonds. The number of aryl methyl sites for hydroxylation is 1. The Bertz CT molecular complexity index is 555. The van der Waals surface area contributed by atoms with Gasteiger partial charge in [-0.2, -0.15) is 0 Å². The fourth-order valence-corrected chi connectivity index (χ4v) is 4.13. The molecule has 2 bridgehead atoms. The van der Waals surface area contributed by atoms with Crippen molar-refractivity contribution in [2.75, 3.05) is 13.1 Å². The van der Waals surface area contributed by atoms with Gasteiger partial charge in [-0.25, -0.2) is 0 Å². The lowest BCUT2D eigenvalue weighted by molar-refractivity contribution is -0.133. The molecular formula is C18H31N5O. The summed E-state index contributed by atoms with van der Waals surface area (Å²) in [6.07, 6.45) is 7.72. The first-order chi connectivity index (χ1) is 11.6. The number of nitrogens with zero attached hydrogens (tertiary/aromatic N) is 4. The van der Waals surface area contributed by atoms with Crippen LogP contribution in [0, 0.1) is 11.8 Å². The van der Waals surface area contributed by atoms with Crippen LogP contribution in [0.2, 0.25) is 0 Å². The van der Waals surface area contributed by atoms with E-state index >= 15 is 0 Å². The highest BCUT2D eigenvalue weighted by molar-refractivity contribution is 5.79. The van der Waals surface area contributed by atoms with E-state index in [1.807, 2.05) is 18.5 Å². The van der Waals surface area contributed by atoms with Crippen LogP contribution in [0.5, 0.6) is 0 Å². The van der Waals surface area contributed by atoms with E-state index in [4.69, 9.17) is 0 Å². The zero-order chi connectivity index (χ0) is 17.1. The first kappa shape index (κ1) is 17.4. The minimum atomic E-state index is 0.160. The Morgan fingerprint density at radius 2 is 2.29 bits per heavy atom. The van der Waals surface area contributed by atoms with Gasteiger partial charge in [0.1, 0.15) is 0 Å². The molecule has 4 atom stereocenters. The molecule has 1 aromatic rings. The van der Waals surface area contributed by atoms with E-state index < -0.39 is 0 Å². The van der Waals surface area contributed by atoms with E-state index in [1.165, 1.54) is 12.8 Å². The van der Waals surface area contributed by atoms with Crippen LogP contribution in [0.3, 0.4) is 0 Å². The van der Waals surface area contributed by atoms with Crippen molar-refractivity contribution in [2.45, 2.75) is 71.5 Å². The normalized spacial score (nSPS) is 29.2. The van der Waals surface area contributed by atoms with Gasteiger partial charge in [0.05, 0.1) is 18.2 Å². The molecule has 0 spiro atoms. The number of piperidine rings is 3.